The third-order valence-electron chi connectivity index (χ3n) is 5.76. The Hall–Kier alpha value is -2.77. The molecular weight excluding hydrogens is 396 g/mol. The molecule has 0 spiro atoms. The molecule has 1 aliphatic rings. The molecule has 1 aliphatic heterocycles. The first-order valence-corrected chi connectivity index (χ1v) is 10.7. The van der Waals surface area contributed by atoms with Gasteiger partial charge in [0, 0.05) is 24.1 Å². The summed E-state index contributed by atoms with van der Waals surface area (Å²) in [6.07, 6.45) is 1.67. The number of piperidine rings is 1. The summed E-state index contributed by atoms with van der Waals surface area (Å²) in [6, 6.07) is 18.5. The molecule has 1 N–H and O–H groups in total. The second kappa shape index (κ2) is 8.93. The Labute approximate surface area is 181 Å². The number of rotatable bonds is 5. The molecule has 0 saturated carbocycles. The summed E-state index contributed by atoms with van der Waals surface area (Å²) in [5.41, 5.74) is 3.24. The van der Waals surface area contributed by atoms with E-state index in [0.29, 0.717) is 11.4 Å². The van der Waals surface area contributed by atoms with Crippen LogP contribution in [-0.4, -0.2) is 40.5 Å². The zero-order valence-corrected chi connectivity index (χ0v) is 18.2. The maximum atomic E-state index is 11.8. The van der Waals surface area contributed by atoms with Crippen LogP contribution in [0.3, 0.4) is 0 Å². The number of aromatic nitrogens is 3. The molecule has 0 atom stereocenters. The molecule has 30 heavy (non-hydrogen) atoms. The summed E-state index contributed by atoms with van der Waals surface area (Å²) >= 11 is 5.86. The lowest BCUT2D eigenvalue weighted by molar-refractivity contribution is -0.929. The second-order valence-corrected chi connectivity index (χ2v) is 8.21. The van der Waals surface area contributed by atoms with Crippen molar-refractivity contribution >= 4 is 18.2 Å². The van der Waals surface area contributed by atoms with E-state index in [2.05, 4.69) is 43.3 Å². The van der Waals surface area contributed by atoms with E-state index < -0.39 is 0 Å². The van der Waals surface area contributed by atoms with E-state index in [9.17, 15) is 4.79 Å². The molecule has 1 fully saturated rings. The van der Waals surface area contributed by atoms with Crippen LogP contribution >= 0.6 is 12.2 Å². The largest absolute Gasteiger partial charge is 0.469 e. The van der Waals surface area contributed by atoms with Gasteiger partial charge in [-0.05, 0) is 31.3 Å². The number of esters is 1. The van der Waals surface area contributed by atoms with Crippen molar-refractivity contribution in [3.05, 3.63) is 64.9 Å². The van der Waals surface area contributed by atoms with E-state index in [0.717, 1.165) is 43.0 Å². The highest BCUT2D eigenvalue weighted by Gasteiger charge is 2.28. The summed E-state index contributed by atoms with van der Waals surface area (Å²) in [6.45, 7) is 4.57. The summed E-state index contributed by atoms with van der Waals surface area (Å²) in [5, 5.41) is 4.91. The topological polar surface area (TPSA) is 53.5 Å². The number of likely N-dealkylation sites (tertiary alicyclic amines) is 1. The van der Waals surface area contributed by atoms with Crippen LogP contribution in [0.15, 0.2) is 54.6 Å². The molecular formula is C23H27N4O2S+. The van der Waals surface area contributed by atoms with E-state index in [4.69, 9.17) is 22.1 Å². The number of carbonyl (C=O) groups is 1. The van der Waals surface area contributed by atoms with Gasteiger partial charge in [0.25, 0.3) is 0 Å². The summed E-state index contributed by atoms with van der Waals surface area (Å²) in [7, 11) is 1.46. The first-order valence-electron chi connectivity index (χ1n) is 10.3. The molecule has 2 heterocycles. The fraction of sp³-hybridized carbons (Fsp3) is 0.348. The number of aryl methyl sites for hydroxylation is 1. The molecule has 1 aromatic heterocycles. The minimum absolute atomic E-state index is 0.0108. The highest BCUT2D eigenvalue weighted by molar-refractivity contribution is 7.71. The number of hydrogen-bond acceptors (Lipinski definition) is 4. The zero-order chi connectivity index (χ0) is 21.1. The zero-order valence-electron chi connectivity index (χ0n) is 17.4. The van der Waals surface area contributed by atoms with Gasteiger partial charge < -0.3 is 9.64 Å². The van der Waals surface area contributed by atoms with Crippen molar-refractivity contribution in [3.63, 3.8) is 0 Å². The van der Waals surface area contributed by atoms with Crippen LogP contribution in [0.1, 0.15) is 18.4 Å². The Morgan fingerprint density at radius 2 is 1.80 bits per heavy atom. The summed E-state index contributed by atoms with van der Waals surface area (Å²) in [5.74, 6) is 0.755. The van der Waals surface area contributed by atoms with Crippen molar-refractivity contribution in [3.8, 4) is 17.1 Å². The fourth-order valence-corrected chi connectivity index (χ4v) is 4.31. The number of hydrogen-bond donors (Lipinski definition) is 1. The highest BCUT2D eigenvalue weighted by Crippen LogP contribution is 2.22. The maximum absolute atomic E-state index is 11.8. The number of ether oxygens (including phenoxy) is 1. The fourth-order valence-electron chi connectivity index (χ4n) is 4.01. The molecule has 0 bridgehead atoms. The van der Waals surface area contributed by atoms with Gasteiger partial charge in [-0.15, -0.1) is 5.10 Å². The van der Waals surface area contributed by atoms with E-state index >= 15 is 0 Å². The van der Waals surface area contributed by atoms with Crippen LogP contribution in [0.25, 0.3) is 17.1 Å². The number of benzene rings is 2. The predicted octanol–water partition coefficient (Wildman–Crippen LogP) is 2.80. The van der Waals surface area contributed by atoms with Crippen LogP contribution in [0.2, 0.25) is 0 Å². The Morgan fingerprint density at radius 3 is 2.43 bits per heavy atom. The molecule has 1 saturated heterocycles. The van der Waals surface area contributed by atoms with Crippen molar-refractivity contribution in [1.82, 2.24) is 14.3 Å². The predicted molar refractivity (Wildman–Crippen MR) is 118 cm³/mol. The minimum atomic E-state index is -0.0966. The van der Waals surface area contributed by atoms with Gasteiger partial charge in [0.2, 0.25) is 4.77 Å². The average molecular weight is 424 g/mol. The van der Waals surface area contributed by atoms with Crippen molar-refractivity contribution in [2.45, 2.75) is 26.4 Å². The number of quaternary nitrogens is 1. The first kappa shape index (κ1) is 20.5. The van der Waals surface area contributed by atoms with Gasteiger partial charge in [0.1, 0.15) is 0 Å². The average Bonchev–Trinajstić information content (AvgIpc) is 3.11. The summed E-state index contributed by atoms with van der Waals surface area (Å²) < 4.78 is 9.55. The van der Waals surface area contributed by atoms with Crippen molar-refractivity contribution in [2.75, 3.05) is 20.2 Å². The normalized spacial score (nSPS) is 18.9. The van der Waals surface area contributed by atoms with Gasteiger partial charge in [0.05, 0.1) is 26.1 Å². The Morgan fingerprint density at radius 1 is 1.13 bits per heavy atom. The molecule has 6 nitrogen and oxygen atoms in total. The third-order valence-corrected chi connectivity index (χ3v) is 6.16. The molecule has 0 aliphatic carbocycles. The van der Waals surface area contributed by atoms with E-state index in [1.54, 1.807) is 0 Å². The Kier molecular flexibility index (Phi) is 6.11. The lowest BCUT2D eigenvalue weighted by Gasteiger charge is -2.27. The number of nitrogens with zero attached hydrogens (tertiary/aromatic N) is 3. The lowest BCUT2D eigenvalue weighted by Crippen LogP contribution is -3.12. The first-order chi connectivity index (χ1) is 14.6. The Bertz CT molecular complexity index is 1060. The molecule has 0 amide bonds. The smallest absolute Gasteiger partial charge is 0.309 e. The number of carbonyl (C=O) groups excluding carboxylic acids is 1. The standard InChI is InChI=1S/C23H26N4O2S/c1-17-8-10-20(11-9-17)27-21(18-6-4-3-5-7-18)24-26(23(27)30)16-25-14-12-19(13-15-25)22(28)29-2/h3-11,19H,12-16H2,1-2H3/p+1. The van der Waals surface area contributed by atoms with E-state index in [-0.39, 0.29) is 11.9 Å². The van der Waals surface area contributed by atoms with Gasteiger partial charge in [0.15, 0.2) is 12.5 Å². The number of nitrogens with one attached hydrogen (secondary N) is 1. The Balaban J connectivity index is 1.64. The van der Waals surface area contributed by atoms with Crippen LogP contribution in [-0.2, 0) is 16.2 Å². The van der Waals surface area contributed by atoms with E-state index in [1.165, 1.54) is 17.6 Å². The molecule has 0 radical (unpaired) electrons. The van der Waals surface area contributed by atoms with Crippen molar-refractivity contribution < 1.29 is 14.4 Å². The van der Waals surface area contributed by atoms with Crippen LogP contribution in [0.5, 0.6) is 0 Å². The highest BCUT2D eigenvalue weighted by atomic mass is 32.1. The van der Waals surface area contributed by atoms with Crippen LogP contribution in [0, 0.1) is 17.6 Å². The SMILES string of the molecule is COC(=O)C1CC[NH+](Cn2nc(-c3ccccc3)n(-c3ccc(C)cc3)c2=S)CC1. The minimum Gasteiger partial charge on any atom is -0.469 e. The molecule has 7 heteroatoms. The molecule has 3 aromatic rings. The second-order valence-electron chi connectivity index (χ2n) is 7.85. The maximum Gasteiger partial charge on any atom is 0.309 e. The van der Waals surface area contributed by atoms with Crippen molar-refractivity contribution in [1.29, 1.82) is 0 Å². The molecule has 156 valence electrons. The van der Waals surface area contributed by atoms with E-state index in [1.807, 2.05) is 27.4 Å². The lowest BCUT2D eigenvalue weighted by atomic mass is 9.97. The van der Waals surface area contributed by atoms with Crippen molar-refractivity contribution in [2.24, 2.45) is 5.92 Å². The quantitative estimate of drug-likeness (QED) is 0.507. The van der Waals surface area contributed by atoms with Gasteiger partial charge in [-0.2, -0.15) is 4.68 Å². The number of methoxy groups -OCH3 is 1. The van der Waals surface area contributed by atoms with Gasteiger partial charge in [-0.25, -0.2) is 0 Å². The van der Waals surface area contributed by atoms with Gasteiger partial charge >= 0.3 is 5.97 Å². The van der Waals surface area contributed by atoms with Crippen LogP contribution in [0.4, 0.5) is 0 Å². The molecule has 2 aromatic carbocycles. The van der Waals surface area contributed by atoms with Gasteiger partial charge in [-0.3, -0.25) is 9.36 Å². The summed E-state index contributed by atoms with van der Waals surface area (Å²) in [4.78, 5) is 13.2. The molecule has 0 unspecified atom stereocenters. The van der Waals surface area contributed by atoms with Crippen LogP contribution < -0.4 is 4.90 Å². The molecule has 4 rings (SSSR count). The monoisotopic (exact) mass is 423 g/mol. The van der Waals surface area contributed by atoms with Gasteiger partial charge in [-0.1, -0.05) is 48.0 Å². The third kappa shape index (κ3) is 4.22.